The van der Waals surface area contributed by atoms with Gasteiger partial charge < -0.3 is 0 Å². The lowest BCUT2D eigenvalue weighted by Crippen LogP contribution is -2.32. The lowest BCUT2D eigenvalue weighted by Gasteiger charge is -2.23. The van der Waals surface area contributed by atoms with Gasteiger partial charge >= 0.3 is 0 Å². The molecule has 2 unspecified atom stereocenters. The van der Waals surface area contributed by atoms with Crippen LogP contribution in [-0.4, -0.2) is 0 Å². The third kappa shape index (κ3) is 3.05. The molecule has 0 heterocycles. The Balaban J connectivity index is 2.91. The van der Waals surface area contributed by atoms with Crippen LogP contribution in [0.5, 0.6) is 0 Å². The van der Waals surface area contributed by atoms with Crippen LogP contribution in [0.15, 0.2) is 24.3 Å². The van der Waals surface area contributed by atoms with Crippen LogP contribution in [0.25, 0.3) is 0 Å². The number of hydrogen-bond acceptors (Lipinski definition) is 2. The summed E-state index contributed by atoms with van der Waals surface area (Å²) in [4.78, 5) is 0. The Kier molecular flexibility index (Phi) is 4.79. The number of hydrogen-bond donors (Lipinski definition) is 2. The van der Waals surface area contributed by atoms with Crippen LogP contribution >= 0.6 is 0 Å². The van der Waals surface area contributed by atoms with Crippen LogP contribution in [0.4, 0.5) is 0 Å². The van der Waals surface area contributed by atoms with Crippen molar-refractivity contribution in [2.75, 3.05) is 0 Å². The second kappa shape index (κ2) is 5.89. The van der Waals surface area contributed by atoms with Crippen molar-refractivity contribution < 1.29 is 0 Å². The minimum Gasteiger partial charge on any atom is -0.271 e. The van der Waals surface area contributed by atoms with E-state index in [0.29, 0.717) is 5.92 Å². The zero-order valence-corrected chi connectivity index (χ0v) is 9.96. The molecule has 0 saturated carbocycles. The van der Waals surface area contributed by atoms with E-state index in [4.69, 9.17) is 5.84 Å². The van der Waals surface area contributed by atoms with Crippen molar-refractivity contribution in [3.8, 4) is 0 Å². The lowest BCUT2D eigenvalue weighted by molar-refractivity contribution is 0.383. The fourth-order valence-corrected chi connectivity index (χ4v) is 1.83. The van der Waals surface area contributed by atoms with Gasteiger partial charge in [-0.25, -0.2) is 0 Å². The zero-order valence-electron chi connectivity index (χ0n) is 9.96. The minimum atomic E-state index is 0.265. The molecule has 84 valence electrons. The number of rotatable bonds is 5. The molecule has 2 atom stereocenters. The normalized spacial score (nSPS) is 14.9. The molecule has 0 aliphatic carbocycles. The summed E-state index contributed by atoms with van der Waals surface area (Å²) in [5.41, 5.74) is 5.59. The van der Waals surface area contributed by atoms with Crippen LogP contribution in [0, 0.1) is 5.92 Å². The Morgan fingerprint density at radius 3 is 2.60 bits per heavy atom. The van der Waals surface area contributed by atoms with Gasteiger partial charge in [-0.2, -0.15) is 0 Å². The van der Waals surface area contributed by atoms with Crippen LogP contribution in [0.2, 0.25) is 0 Å². The first-order valence-electron chi connectivity index (χ1n) is 5.77. The van der Waals surface area contributed by atoms with Crippen molar-refractivity contribution in [3.05, 3.63) is 35.4 Å². The lowest BCUT2D eigenvalue weighted by atomic mass is 9.92. The Hall–Kier alpha value is -0.860. The largest absolute Gasteiger partial charge is 0.271 e. The van der Waals surface area contributed by atoms with Crippen molar-refractivity contribution in [2.24, 2.45) is 11.8 Å². The van der Waals surface area contributed by atoms with E-state index in [2.05, 4.69) is 50.5 Å². The summed E-state index contributed by atoms with van der Waals surface area (Å²) in [6.45, 7) is 6.59. The highest BCUT2D eigenvalue weighted by Crippen LogP contribution is 2.24. The van der Waals surface area contributed by atoms with E-state index >= 15 is 0 Å². The van der Waals surface area contributed by atoms with E-state index in [9.17, 15) is 0 Å². The topological polar surface area (TPSA) is 38.0 Å². The van der Waals surface area contributed by atoms with Crippen LogP contribution in [0.3, 0.4) is 0 Å². The fourth-order valence-electron chi connectivity index (χ4n) is 1.83. The second-order valence-corrected chi connectivity index (χ2v) is 4.13. The first kappa shape index (κ1) is 12.2. The molecule has 0 aliphatic rings. The summed E-state index contributed by atoms with van der Waals surface area (Å²) in [5.74, 6) is 6.18. The molecule has 1 rings (SSSR count). The third-order valence-electron chi connectivity index (χ3n) is 3.11. The first-order valence-corrected chi connectivity index (χ1v) is 5.77. The van der Waals surface area contributed by atoms with Crippen LogP contribution in [0.1, 0.15) is 44.4 Å². The molecule has 0 fully saturated rings. The fraction of sp³-hybridized carbons (Fsp3) is 0.538. The third-order valence-corrected chi connectivity index (χ3v) is 3.11. The molecule has 0 aromatic heterocycles. The quantitative estimate of drug-likeness (QED) is 0.574. The van der Waals surface area contributed by atoms with E-state index in [-0.39, 0.29) is 6.04 Å². The summed E-state index contributed by atoms with van der Waals surface area (Å²) in [6.07, 6.45) is 2.21. The van der Waals surface area contributed by atoms with E-state index < -0.39 is 0 Å². The van der Waals surface area contributed by atoms with Crippen LogP contribution in [-0.2, 0) is 6.42 Å². The van der Waals surface area contributed by atoms with Gasteiger partial charge in [0.05, 0.1) is 0 Å². The van der Waals surface area contributed by atoms with E-state index in [1.54, 1.807) is 0 Å². The predicted molar refractivity (Wildman–Crippen MR) is 65.3 cm³/mol. The maximum absolute atomic E-state index is 5.62. The van der Waals surface area contributed by atoms with Crippen molar-refractivity contribution in [2.45, 2.75) is 39.7 Å². The van der Waals surface area contributed by atoms with Gasteiger partial charge in [-0.15, -0.1) is 0 Å². The Morgan fingerprint density at radius 2 is 2.07 bits per heavy atom. The minimum absolute atomic E-state index is 0.265. The van der Waals surface area contributed by atoms with Gasteiger partial charge in [0.2, 0.25) is 0 Å². The number of nitrogens with two attached hydrogens (primary N) is 1. The maximum Gasteiger partial charge on any atom is 0.0485 e. The van der Waals surface area contributed by atoms with Crippen LogP contribution < -0.4 is 11.3 Å². The highest BCUT2D eigenvalue weighted by atomic mass is 15.2. The molecule has 0 radical (unpaired) electrons. The van der Waals surface area contributed by atoms with Crippen molar-refractivity contribution in [1.82, 2.24) is 5.43 Å². The zero-order chi connectivity index (χ0) is 11.3. The Labute approximate surface area is 92.8 Å². The van der Waals surface area contributed by atoms with E-state index in [1.165, 1.54) is 11.1 Å². The molecule has 0 bridgehead atoms. The van der Waals surface area contributed by atoms with E-state index in [0.717, 1.165) is 12.8 Å². The van der Waals surface area contributed by atoms with Gasteiger partial charge in [0.15, 0.2) is 0 Å². The van der Waals surface area contributed by atoms with Crippen molar-refractivity contribution in [1.29, 1.82) is 0 Å². The van der Waals surface area contributed by atoms with Gasteiger partial charge in [-0.05, 0) is 23.5 Å². The Morgan fingerprint density at radius 1 is 1.33 bits per heavy atom. The molecule has 0 aliphatic heterocycles. The molecule has 1 aromatic carbocycles. The summed E-state index contributed by atoms with van der Waals surface area (Å²) in [5, 5.41) is 0. The average Bonchev–Trinajstić information content (AvgIpc) is 2.30. The number of benzene rings is 1. The maximum atomic E-state index is 5.62. The SMILES string of the molecule is CCc1cccc(C(NN)C(C)CC)c1. The molecule has 3 N–H and O–H groups in total. The summed E-state index contributed by atoms with van der Waals surface area (Å²) >= 11 is 0. The highest BCUT2D eigenvalue weighted by molar-refractivity contribution is 5.26. The smallest absolute Gasteiger partial charge is 0.0485 e. The highest BCUT2D eigenvalue weighted by Gasteiger charge is 2.16. The first-order chi connectivity index (χ1) is 7.22. The van der Waals surface area contributed by atoms with Gasteiger partial charge in [0.25, 0.3) is 0 Å². The molecule has 0 saturated heterocycles. The molecular weight excluding hydrogens is 184 g/mol. The molecule has 0 spiro atoms. The van der Waals surface area contributed by atoms with Gasteiger partial charge in [0, 0.05) is 6.04 Å². The monoisotopic (exact) mass is 206 g/mol. The van der Waals surface area contributed by atoms with Crippen molar-refractivity contribution in [3.63, 3.8) is 0 Å². The molecule has 2 nitrogen and oxygen atoms in total. The van der Waals surface area contributed by atoms with Gasteiger partial charge in [0.1, 0.15) is 0 Å². The standard InChI is InChI=1S/C13H22N2/c1-4-10(3)13(15-14)12-8-6-7-11(5-2)9-12/h6-10,13,15H,4-5,14H2,1-3H3. The molecule has 15 heavy (non-hydrogen) atoms. The predicted octanol–water partition coefficient (Wildman–Crippen LogP) is 2.80. The molecule has 1 aromatic rings. The van der Waals surface area contributed by atoms with Gasteiger partial charge in [-0.1, -0.05) is 51.5 Å². The average molecular weight is 206 g/mol. The number of hydrazine groups is 1. The van der Waals surface area contributed by atoms with E-state index in [1.807, 2.05) is 0 Å². The summed E-state index contributed by atoms with van der Waals surface area (Å²) < 4.78 is 0. The second-order valence-electron chi connectivity index (χ2n) is 4.13. The summed E-state index contributed by atoms with van der Waals surface area (Å²) in [7, 11) is 0. The Bertz CT molecular complexity index is 296. The number of nitrogens with one attached hydrogen (secondary N) is 1. The molecular formula is C13H22N2. The number of aryl methyl sites for hydroxylation is 1. The molecule has 2 heteroatoms. The van der Waals surface area contributed by atoms with Gasteiger partial charge in [-0.3, -0.25) is 11.3 Å². The summed E-state index contributed by atoms with van der Waals surface area (Å²) in [6, 6.07) is 8.93. The molecule has 0 amide bonds. The van der Waals surface area contributed by atoms with Crippen molar-refractivity contribution >= 4 is 0 Å².